The third kappa shape index (κ3) is 4.46. The highest BCUT2D eigenvalue weighted by molar-refractivity contribution is 4.84. The Bertz CT molecular complexity index is 246. The first-order chi connectivity index (χ1) is 9.20. The van der Waals surface area contributed by atoms with Crippen molar-refractivity contribution in [3.05, 3.63) is 0 Å². The van der Waals surface area contributed by atoms with E-state index in [2.05, 4.69) is 18.7 Å². The SMILES string of the molecule is CC(C)CN(CC1CCCCC1CN)C1CCCC1. The standard InChI is InChI=1S/C17H34N2/c1-14(2)12-19(17-9-5-6-10-17)13-16-8-4-3-7-15(16)11-18/h14-17H,3-13,18H2,1-2H3. The minimum Gasteiger partial charge on any atom is -0.330 e. The molecule has 2 N–H and O–H groups in total. The molecule has 112 valence electrons. The minimum absolute atomic E-state index is 0.792. The molecule has 2 atom stereocenters. The first kappa shape index (κ1) is 15.3. The molecule has 0 aromatic carbocycles. The summed E-state index contributed by atoms with van der Waals surface area (Å²) in [6, 6.07) is 0.878. The van der Waals surface area contributed by atoms with Crippen molar-refractivity contribution in [3.8, 4) is 0 Å². The van der Waals surface area contributed by atoms with E-state index in [-0.39, 0.29) is 0 Å². The van der Waals surface area contributed by atoms with Crippen molar-refractivity contribution in [2.45, 2.75) is 71.3 Å². The summed E-state index contributed by atoms with van der Waals surface area (Å²) in [4.78, 5) is 2.83. The Morgan fingerprint density at radius 1 is 0.947 bits per heavy atom. The van der Waals surface area contributed by atoms with Gasteiger partial charge in [-0.05, 0) is 50.0 Å². The topological polar surface area (TPSA) is 29.3 Å². The van der Waals surface area contributed by atoms with Gasteiger partial charge in [-0.15, -0.1) is 0 Å². The Balaban J connectivity index is 1.93. The Morgan fingerprint density at radius 3 is 2.11 bits per heavy atom. The molecule has 0 heterocycles. The van der Waals surface area contributed by atoms with Crippen molar-refractivity contribution in [1.29, 1.82) is 0 Å². The van der Waals surface area contributed by atoms with E-state index in [1.807, 2.05) is 0 Å². The predicted molar refractivity (Wildman–Crippen MR) is 83.2 cm³/mol. The summed E-state index contributed by atoms with van der Waals surface area (Å²) in [5, 5.41) is 0. The Labute approximate surface area is 120 Å². The molecule has 0 aliphatic heterocycles. The van der Waals surface area contributed by atoms with Crippen molar-refractivity contribution >= 4 is 0 Å². The van der Waals surface area contributed by atoms with Crippen LogP contribution in [0, 0.1) is 17.8 Å². The molecule has 0 aromatic rings. The van der Waals surface area contributed by atoms with Crippen LogP contribution >= 0.6 is 0 Å². The van der Waals surface area contributed by atoms with Crippen LogP contribution in [0.5, 0.6) is 0 Å². The second-order valence-corrected chi connectivity index (χ2v) is 7.33. The van der Waals surface area contributed by atoms with E-state index in [0.29, 0.717) is 0 Å². The summed E-state index contributed by atoms with van der Waals surface area (Å²) in [6.45, 7) is 8.25. The Kier molecular flexibility index (Phi) is 6.15. The van der Waals surface area contributed by atoms with Gasteiger partial charge >= 0.3 is 0 Å². The maximum atomic E-state index is 6.01. The quantitative estimate of drug-likeness (QED) is 0.795. The Hall–Kier alpha value is -0.0800. The fourth-order valence-electron chi connectivity index (χ4n) is 4.25. The van der Waals surface area contributed by atoms with Crippen molar-refractivity contribution < 1.29 is 0 Å². The maximum Gasteiger partial charge on any atom is 0.00954 e. The summed E-state index contributed by atoms with van der Waals surface area (Å²) in [7, 11) is 0. The minimum atomic E-state index is 0.792. The smallest absolute Gasteiger partial charge is 0.00954 e. The lowest BCUT2D eigenvalue weighted by Gasteiger charge is -2.38. The monoisotopic (exact) mass is 266 g/mol. The van der Waals surface area contributed by atoms with E-state index in [1.165, 1.54) is 64.5 Å². The average Bonchev–Trinajstić information content (AvgIpc) is 2.92. The zero-order chi connectivity index (χ0) is 13.7. The number of nitrogens with zero attached hydrogens (tertiary/aromatic N) is 1. The molecule has 2 fully saturated rings. The van der Waals surface area contributed by atoms with Crippen LogP contribution in [0.3, 0.4) is 0 Å². The lowest BCUT2D eigenvalue weighted by molar-refractivity contribution is 0.108. The van der Waals surface area contributed by atoms with Crippen LogP contribution < -0.4 is 5.73 Å². The lowest BCUT2D eigenvalue weighted by Crippen LogP contribution is -2.43. The highest BCUT2D eigenvalue weighted by Crippen LogP contribution is 2.32. The van der Waals surface area contributed by atoms with E-state index in [1.54, 1.807) is 0 Å². The van der Waals surface area contributed by atoms with Gasteiger partial charge in [-0.25, -0.2) is 0 Å². The van der Waals surface area contributed by atoms with E-state index in [4.69, 9.17) is 5.73 Å². The maximum absolute atomic E-state index is 6.01. The van der Waals surface area contributed by atoms with Gasteiger partial charge in [-0.1, -0.05) is 39.5 Å². The largest absolute Gasteiger partial charge is 0.330 e. The first-order valence-corrected chi connectivity index (χ1v) is 8.64. The van der Waals surface area contributed by atoms with E-state index in [0.717, 1.165) is 30.3 Å². The van der Waals surface area contributed by atoms with Gasteiger partial charge < -0.3 is 5.73 Å². The number of nitrogens with two attached hydrogens (primary N) is 1. The highest BCUT2D eigenvalue weighted by atomic mass is 15.2. The zero-order valence-corrected chi connectivity index (χ0v) is 13.1. The fraction of sp³-hybridized carbons (Fsp3) is 1.00. The number of hydrogen-bond acceptors (Lipinski definition) is 2. The number of hydrogen-bond donors (Lipinski definition) is 1. The summed E-state index contributed by atoms with van der Waals surface area (Å²) < 4.78 is 0. The van der Waals surface area contributed by atoms with Crippen molar-refractivity contribution in [2.24, 2.45) is 23.5 Å². The molecule has 0 bridgehead atoms. The molecule has 2 unspecified atom stereocenters. The van der Waals surface area contributed by atoms with Crippen molar-refractivity contribution in [2.75, 3.05) is 19.6 Å². The van der Waals surface area contributed by atoms with Crippen molar-refractivity contribution in [3.63, 3.8) is 0 Å². The molecule has 0 spiro atoms. The Morgan fingerprint density at radius 2 is 1.53 bits per heavy atom. The zero-order valence-electron chi connectivity index (χ0n) is 13.1. The van der Waals surface area contributed by atoms with E-state index in [9.17, 15) is 0 Å². The van der Waals surface area contributed by atoms with Gasteiger partial charge in [0.15, 0.2) is 0 Å². The van der Waals surface area contributed by atoms with Gasteiger partial charge in [-0.2, -0.15) is 0 Å². The number of rotatable bonds is 6. The van der Waals surface area contributed by atoms with Gasteiger partial charge in [0.2, 0.25) is 0 Å². The molecular formula is C17H34N2. The highest BCUT2D eigenvalue weighted by Gasteiger charge is 2.30. The molecule has 19 heavy (non-hydrogen) atoms. The van der Waals surface area contributed by atoms with Gasteiger partial charge in [0.25, 0.3) is 0 Å². The molecular weight excluding hydrogens is 232 g/mol. The normalized spacial score (nSPS) is 29.5. The second kappa shape index (κ2) is 7.64. The van der Waals surface area contributed by atoms with Crippen LogP contribution in [-0.2, 0) is 0 Å². The van der Waals surface area contributed by atoms with Crippen LogP contribution in [-0.4, -0.2) is 30.6 Å². The lowest BCUT2D eigenvalue weighted by atomic mass is 9.78. The molecule has 0 amide bonds. The molecule has 2 aliphatic carbocycles. The van der Waals surface area contributed by atoms with Crippen LogP contribution in [0.15, 0.2) is 0 Å². The van der Waals surface area contributed by atoms with Gasteiger partial charge in [0, 0.05) is 19.1 Å². The third-order valence-electron chi connectivity index (χ3n) is 5.28. The molecule has 0 saturated heterocycles. The van der Waals surface area contributed by atoms with E-state index >= 15 is 0 Å². The first-order valence-electron chi connectivity index (χ1n) is 8.64. The third-order valence-corrected chi connectivity index (χ3v) is 5.28. The molecule has 2 rings (SSSR count). The van der Waals surface area contributed by atoms with Crippen LogP contribution in [0.2, 0.25) is 0 Å². The van der Waals surface area contributed by atoms with Gasteiger partial charge in [0.05, 0.1) is 0 Å². The summed E-state index contributed by atoms with van der Waals surface area (Å²) in [5.74, 6) is 2.46. The second-order valence-electron chi connectivity index (χ2n) is 7.33. The molecule has 2 heteroatoms. The van der Waals surface area contributed by atoms with Crippen LogP contribution in [0.1, 0.15) is 65.2 Å². The van der Waals surface area contributed by atoms with Crippen LogP contribution in [0.4, 0.5) is 0 Å². The van der Waals surface area contributed by atoms with Crippen LogP contribution in [0.25, 0.3) is 0 Å². The summed E-state index contributed by atoms with van der Waals surface area (Å²) >= 11 is 0. The predicted octanol–water partition coefficient (Wildman–Crippen LogP) is 3.65. The molecule has 2 aliphatic rings. The molecule has 2 nitrogen and oxygen atoms in total. The van der Waals surface area contributed by atoms with Crippen molar-refractivity contribution in [1.82, 2.24) is 4.90 Å². The fourth-order valence-corrected chi connectivity index (χ4v) is 4.25. The molecule has 0 radical (unpaired) electrons. The van der Waals surface area contributed by atoms with Gasteiger partial charge in [0.1, 0.15) is 0 Å². The summed E-state index contributed by atoms with van der Waals surface area (Å²) in [6.07, 6.45) is 11.4. The summed E-state index contributed by atoms with van der Waals surface area (Å²) in [5.41, 5.74) is 6.01. The van der Waals surface area contributed by atoms with Gasteiger partial charge in [-0.3, -0.25) is 4.90 Å². The average molecular weight is 266 g/mol. The molecule has 0 aromatic heterocycles. The molecule has 2 saturated carbocycles. The van der Waals surface area contributed by atoms with E-state index < -0.39 is 0 Å².